The standard InChI is InChI=1S/C19H23BrN2O2/c1-14(24-18-10-8-17(20)9-11-18)19(23)21-12-15-6-4-5-7-16(15)13-22(2)3/h4-11,14H,12-13H2,1-3H3,(H,21,23)/t14-/m0/s1. The number of nitrogens with zero attached hydrogens (tertiary/aromatic N) is 1. The molecule has 2 aromatic rings. The quantitative estimate of drug-likeness (QED) is 0.784. The van der Waals surface area contributed by atoms with Crippen molar-refractivity contribution < 1.29 is 9.53 Å². The molecule has 0 bridgehead atoms. The Hall–Kier alpha value is -1.85. The van der Waals surface area contributed by atoms with Crippen LogP contribution >= 0.6 is 15.9 Å². The molecule has 24 heavy (non-hydrogen) atoms. The first-order chi connectivity index (χ1) is 11.5. The van der Waals surface area contributed by atoms with Crippen LogP contribution in [0.5, 0.6) is 5.75 Å². The maximum absolute atomic E-state index is 12.3. The summed E-state index contributed by atoms with van der Waals surface area (Å²) in [6.07, 6.45) is -0.549. The number of hydrogen-bond acceptors (Lipinski definition) is 3. The number of carbonyl (C=O) groups excluding carboxylic acids is 1. The van der Waals surface area contributed by atoms with Crippen LogP contribution in [0, 0.1) is 0 Å². The molecule has 0 unspecified atom stereocenters. The summed E-state index contributed by atoms with van der Waals surface area (Å²) in [5.74, 6) is 0.548. The Morgan fingerprint density at radius 2 is 1.75 bits per heavy atom. The maximum Gasteiger partial charge on any atom is 0.261 e. The van der Waals surface area contributed by atoms with Gasteiger partial charge in [-0.05, 0) is 56.4 Å². The fraction of sp³-hybridized carbons (Fsp3) is 0.316. The molecular formula is C19H23BrN2O2. The lowest BCUT2D eigenvalue weighted by molar-refractivity contribution is -0.127. The predicted molar refractivity (Wildman–Crippen MR) is 99.9 cm³/mol. The molecule has 1 N–H and O–H groups in total. The minimum absolute atomic E-state index is 0.127. The first kappa shape index (κ1) is 18.5. The van der Waals surface area contributed by atoms with E-state index >= 15 is 0 Å². The Labute approximate surface area is 151 Å². The number of rotatable bonds is 7. The molecule has 1 amide bonds. The van der Waals surface area contributed by atoms with Crippen molar-refractivity contribution in [2.45, 2.75) is 26.1 Å². The van der Waals surface area contributed by atoms with Gasteiger partial charge >= 0.3 is 0 Å². The fourth-order valence-electron chi connectivity index (χ4n) is 2.32. The zero-order valence-electron chi connectivity index (χ0n) is 14.3. The lowest BCUT2D eigenvalue weighted by Gasteiger charge is -2.17. The molecule has 0 spiro atoms. The van der Waals surface area contributed by atoms with Crippen LogP contribution < -0.4 is 10.1 Å². The molecule has 2 rings (SSSR count). The van der Waals surface area contributed by atoms with Crippen LogP contribution in [0.3, 0.4) is 0 Å². The highest BCUT2D eigenvalue weighted by Gasteiger charge is 2.15. The molecule has 0 aliphatic heterocycles. The first-order valence-corrected chi connectivity index (χ1v) is 8.66. The Bertz CT molecular complexity index is 671. The molecule has 0 aliphatic carbocycles. The molecule has 128 valence electrons. The van der Waals surface area contributed by atoms with Gasteiger partial charge in [0.2, 0.25) is 0 Å². The van der Waals surface area contributed by atoms with Gasteiger partial charge in [0.1, 0.15) is 5.75 Å². The van der Waals surface area contributed by atoms with E-state index in [0.717, 1.165) is 16.6 Å². The summed E-state index contributed by atoms with van der Waals surface area (Å²) in [6, 6.07) is 15.6. The van der Waals surface area contributed by atoms with Crippen molar-refractivity contribution in [2.24, 2.45) is 0 Å². The lowest BCUT2D eigenvalue weighted by Crippen LogP contribution is -2.36. The zero-order chi connectivity index (χ0) is 17.5. The molecule has 4 nitrogen and oxygen atoms in total. The average Bonchev–Trinajstić information content (AvgIpc) is 2.55. The Morgan fingerprint density at radius 1 is 1.12 bits per heavy atom. The van der Waals surface area contributed by atoms with Crippen molar-refractivity contribution in [3.8, 4) is 5.75 Å². The van der Waals surface area contributed by atoms with Crippen molar-refractivity contribution in [1.29, 1.82) is 0 Å². The van der Waals surface area contributed by atoms with E-state index in [1.807, 2.05) is 56.6 Å². The van der Waals surface area contributed by atoms with Gasteiger partial charge < -0.3 is 15.0 Å². The maximum atomic E-state index is 12.3. The van der Waals surface area contributed by atoms with Crippen molar-refractivity contribution in [3.63, 3.8) is 0 Å². The molecule has 0 saturated carbocycles. The smallest absolute Gasteiger partial charge is 0.261 e. The molecule has 0 heterocycles. The van der Waals surface area contributed by atoms with Gasteiger partial charge in [0.25, 0.3) is 5.91 Å². The van der Waals surface area contributed by atoms with Gasteiger partial charge in [-0.15, -0.1) is 0 Å². The summed E-state index contributed by atoms with van der Waals surface area (Å²) in [5, 5.41) is 2.95. The van der Waals surface area contributed by atoms with Crippen LogP contribution in [0.1, 0.15) is 18.1 Å². The third-order valence-electron chi connectivity index (χ3n) is 3.55. The molecule has 5 heteroatoms. The van der Waals surface area contributed by atoms with Crippen LogP contribution in [0.2, 0.25) is 0 Å². The van der Waals surface area contributed by atoms with Crippen LogP contribution in [-0.2, 0) is 17.9 Å². The third-order valence-corrected chi connectivity index (χ3v) is 4.08. The highest BCUT2D eigenvalue weighted by molar-refractivity contribution is 9.10. The second-order valence-corrected chi connectivity index (χ2v) is 6.85. The van der Waals surface area contributed by atoms with Crippen molar-refractivity contribution >= 4 is 21.8 Å². The van der Waals surface area contributed by atoms with E-state index in [9.17, 15) is 4.79 Å². The molecule has 0 fully saturated rings. The van der Waals surface area contributed by atoms with E-state index in [1.54, 1.807) is 6.92 Å². The summed E-state index contributed by atoms with van der Waals surface area (Å²) < 4.78 is 6.65. The molecule has 2 aromatic carbocycles. The van der Waals surface area contributed by atoms with Gasteiger partial charge in [-0.25, -0.2) is 0 Å². The number of hydrogen-bond donors (Lipinski definition) is 1. The summed E-state index contributed by atoms with van der Waals surface area (Å²) >= 11 is 3.38. The number of amides is 1. The molecular weight excluding hydrogens is 368 g/mol. The van der Waals surface area contributed by atoms with Crippen molar-refractivity contribution in [1.82, 2.24) is 10.2 Å². The summed E-state index contributed by atoms with van der Waals surface area (Å²) in [4.78, 5) is 14.4. The van der Waals surface area contributed by atoms with Gasteiger partial charge in [-0.1, -0.05) is 40.2 Å². The number of halogens is 1. The molecule has 0 radical (unpaired) electrons. The number of carbonyl (C=O) groups is 1. The average molecular weight is 391 g/mol. The minimum Gasteiger partial charge on any atom is -0.481 e. The first-order valence-electron chi connectivity index (χ1n) is 7.87. The number of ether oxygens (including phenoxy) is 1. The van der Waals surface area contributed by atoms with Gasteiger partial charge in [0.15, 0.2) is 6.10 Å². The van der Waals surface area contributed by atoms with Gasteiger partial charge in [0, 0.05) is 17.6 Å². The summed E-state index contributed by atoms with van der Waals surface area (Å²) in [6.45, 7) is 3.09. The number of benzene rings is 2. The van der Waals surface area contributed by atoms with E-state index in [2.05, 4.69) is 32.2 Å². The number of nitrogens with one attached hydrogen (secondary N) is 1. The molecule has 0 saturated heterocycles. The van der Waals surface area contributed by atoms with Crippen LogP contribution in [0.25, 0.3) is 0 Å². The zero-order valence-corrected chi connectivity index (χ0v) is 15.8. The monoisotopic (exact) mass is 390 g/mol. The minimum atomic E-state index is -0.549. The van der Waals surface area contributed by atoms with E-state index in [4.69, 9.17) is 4.74 Å². The van der Waals surface area contributed by atoms with Crippen LogP contribution in [0.15, 0.2) is 53.0 Å². The molecule has 0 aliphatic rings. The van der Waals surface area contributed by atoms with Gasteiger partial charge in [0.05, 0.1) is 0 Å². The van der Waals surface area contributed by atoms with Crippen molar-refractivity contribution in [3.05, 3.63) is 64.1 Å². The summed E-state index contributed by atoms with van der Waals surface area (Å²) in [7, 11) is 4.06. The highest BCUT2D eigenvalue weighted by Crippen LogP contribution is 2.17. The van der Waals surface area contributed by atoms with Gasteiger partial charge in [-0.3, -0.25) is 4.79 Å². The molecule has 0 aromatic heterocycles. The van der Waals surface area contributed by atoms with Crippen molar-refractivity contribution in [2.75, 3.05) is 14.1 Å². The Kier molecular flexibility index (Phi) is 6.82. The van der Waals surface area contributed by atoms with Crippen LogP contribution in [0.4, 0.5) is 0 Å². The normalized spacial score (nSPS) is 12.0. The highest BCUT2D eigenvalue weighted by atomic mass is 79.9. The fourth-order valence-corrected chi connectivity index (χ4v) is 2.59. The van der Waals surface area contributed by atoms with Gasteiger partial charge in [-0.2, -0.15) is 0 Å². The largest absolute Gasteiger partial charge is 0.481 e. The second-order valence-electron chi connectivity index (χ2n) is 5.94. The third kappa shape index (κ3) is 5.65. The van der Waals surface area contributed by atoms with Crippen LogP contribution in [-0.4, -0.2) is 31.0 Å². The second kappa shape index (κ2) is 8.85. The van der Waals surface area contributed by atoms with E-state index < -0.39 is 6.10 Å². The summed E-state index contributed by atoms with van der Waals surface area (Å²) in [5.41, 5.74) is 2.33. The lowest BCUT2D eigenvalue weighted by atomic mass is 10.1. The SMILES string of the molecule is C[C@H](Oc1ccc(Br)cc1)C(=O)NCc1ccccc1CN(C)C. The topological polar surface area (TPSA) is 41.6 Å². The predicted octanol–water partition coefficient (Wildman–Crippen LogP) is 3.59. The molecule has 1 atom stereocenters. The van der Waals surface area contributed by atoms with E-state index in [0.29, 0.717) is 12.3 Å². The van der Waals surface area contributed by atoms with E-state index in [-0.39, 0.29) is 5.91 Å². The Balaban J connectivity index is 1.91. The van der Waals surface area contributed by atoms with E-state index in [1.165, 1.54) is 5.56 Å². The Morgan fingerprint density at radius 3 is 2.38 bits per heavy atom.